The van der Waals surface area contributed by atoms with E-state index in [0.717, 1.165) is 0 Å². The molecule has 12 heavy (non-hydrogen) atoms. The van der Waals surface area contributed by atoms with Gasteiger partial charge in [-0.3, -0.25) is 4.79 Å². The van der Waals surface area contributed by atoms with E-state index in [1.165, 1.54) is 6.20 Å². The van der Waals surface area contributed by atoms with Gasteiger partial charge in [0.1, 0.15) is 5.82 Å². The third-order valence-corrected chi connectivity index (χ3v) is 1.87. The van der Waals surface area contributed by atoms with E-state index in [0.29, 0.717) is 11.4 Å². The number of hydrogen-bond donors (Lipinski definition) is 1. The number of hydrogen-bond acceptors (Lipinski definition) is 2. The summed E-state index contributed by atoms with van der Waals surface area (Å²) >= 11 is 5.50. The molecule has 0 unspecified atom stereocenters. The molecule has 1 aromatic heterocycles. The van der Waals surface area contributed by atoms with E-state index in [2.05, 4.69) is 9.97 Å². The number of alkyl halides is 1. The van der Waals surface area contributed by atoms with Crippen LogP contribution in [0.2, 0.25) is 0 Å². The first-order valence-electron chi connectivity index (χ1n) is 3.79. The Hall–Kier alpha value is -0.830. The number of aromatic nitrogens is 2. The van der Waals surface area contributed by atoms with Gasteiger partial charge in [-0.05, 0) is 0 Å². The third-order valence-electron chi connectivity index (χ3n) is 1.58. The van der Waals surface area contributed by atoms with Crippen LogP contribution in [0.3, 0.4) is 0 Å². The van der Waals surface area contributed by atoms with Gasteiger partial charge in [0.25, 0.3) is 5.56 Å². The molecule has 1 rings (SSSR count). The molecule has 1 heterocycles. The van der Waals surface area contributed by atoms with E-state index >= 15 is 0 Å². The summed E-state index contributed by atoms with van der Waals surface area (Å²) < 4.78 is 0. The Morgan fingerprint density at radius 2 is 2.33 bits per heavy atom. The van der Waals surface area contributed by atoms with Gasteiger partial charge in [0.05, 0.1) is 11.4 Å². The second-order valence-corrected chi connectivity index (χ2v) is 3.18. The lowest BCUT2D eigenvalue weighted by atomic mass is 10.2. The fourth-order valence-electron chi connectivity index (χ4n) is 0.824. The van der Waals surface area contributed by atoms with Crippen molar-refractivity contribution in [1.29, 1.82) is 0 Å². The van der Waals surface area contributed by atoms with E-state index in [1.807, 2.05) is 13.8 Å². The monoisotopic (exact) mass is 186 g/mol. The van der Waals surface area contributed by atoms with Crippen LogP contribution < -0.4 is 5.56 Å². The first kappa shape index (κ1) is 9.26. The van der Waals surface area contributed by atoms with Crippen LogP contribution in [0.4, 0.5) is 0 Å². The summed E-state index contributed by atoms with van der Waals surface area (Å²) in [6.07, 6.45) is 1.53. The molecule has 0 bridgehead atoms. The summed E-state index contributed by atoms with van der Waals surface area (Å²) in [4.78, 5) is 17.9. The third kappa shape index (κ3) is 1.85. The minimum Gasteiger partial charge on any atom is -0.310 e. The van der Waals surface area contributed by atoms with Crippen LogP contribution in [0.1, 0.15) is 31.2 Å². The molecule has 0 aliphatic carbocycles. The molecule has 0 saturated heterocycles. The molecule has 3 nitrogen and oxygen atoms in total. The lowest BCUT2D eigenvalue weighted by Crippen LogP contribution is -2.15. The summed E-state index contributed by atoms with van der Waals surface area (Å²) in [6, 6.07) is 0. The van der Waals surface area contributed by atoms with Gasteiger partial charge in [-0.1, -0.05) is 13.8 Å². The molecule has 1 N–H and O–H groups in total. The molecule has 0 radical (unpaired) electrons. The normalized spacial score (nSPS) is 10.7. The van der Waals surface area contributed by atoms with Gasteiger partial charge in [0, 0.05) is 12.1 Å². The molecular weight excluding hydrogens is 176 g/mol. The van der Waals surface area contributed by atoms with Gasteiger partial charge in [-0.2, -0.15) is 0 Å². The molecule has 0 aliphatic heterocycles. The van der Waals surface area contributed by atoms with Gasteiger partial charge in [-0.25, -0.2) is 4.98 Å². The van der Waals surface area contributed by atoms with Crippen molar-refractivity contribution in [2.75, 3.05) is 0 Å². The Morgan fingerprint density at radius 3 is 2.75 bits per heavy atom. The minimum atomic E-state index is -0.135. The Bertz CT molecular complexity index is 319. The van der Waals surface area contributed by atoms with Crippen LogP contribution in [0.15, 0.2) is 11.0 Å². The van der Waals surface area contributed by atoms with Crippen molar-refractivity contribution in [1.82, 2.24) is 9.97 Å². The average Bonchev–Trinajstić information content (AvgIpc) is 2.04. The molecular formula is C8H11ClN2O. The second kappa shape index (κ2) is 3.72. The highest BCUT2D eigenvalue weighted by Gasteiger charge is 2.03. The predicted octanol–water partition coefficient (Wildman–Crippen LogP) is 1.63. The zero-order chi connectivity index (χ0) is 9.14. The molecule has 1 aromatic rings. The van der Waals surface area contributed by atoms with Gasteiger partial charge in [0.2, 0.25) is 0 Å². The first-order chi connectivity index (χ1) is 5.65. The van der Waals surface area contributed by atoms with Crippen LogP contribution in [-0.2, 0) is 5.88 Å². The van der Waals surface area contributed by atoms with E-state index in [1.54, 1.807) is 0 Å². The standard InChI is InChI=1S/C8H11ClN2O/c1-5(2)7-10-4-6(3-9)8(12)11-7/h4-5H,3H2,1-2H3,(H,10,11,12). The van der Waals surface area contributed by atoms with Crippen molar-refractivity contribution in [3.8, 4) is 0 Å². The first-order valence-corrected chi connectivity index (χ1v) is 4.32. The highest BCUT2D eigenvalue weighted by atomic mass is 35.5. The number of halogens is 1. The fourth-order valence-corrected chi connectivity index (χ4v) is 1.01. The number of nitrogens with one attached hydrogen (secondary N) is 1. The maximum atomic E-state index is 11.2. The molecule has 0 saturated carbocycles. The molecule has 4 heteroatoms. The number of aromatic amines is 1. The van der Waals surface area contributed by atoms with Crippen molar-refractivity contribution < 1.29 is 0 Å². The summed E-state index contributed by atoms with van der Waals surface area (Å²) in [5.41, 5.74) is 0.379. The van der Waals surface area contributed by atoms with E-state index in [4.69, 9.17) is 11.6 Å². The molecule has 0 spiro atoms. The lowest BCUT2D eigenvalue weighted by Gasteiger charge is -2.03. The fraction of sp³-hybridized carbons (Fsp3) is 0.500. The maximum Gasteiger partial charge on any atom is 0.255 e. The van der Waals surface area contributed by atoms with Gasteiger partial charge in [0.15, 0.2) is 0 Å². The Balaban J connectivity index is 3.11. The Kier molecular flexibility index (Phi) is 2.87. The summed E-state index contributed by atoms with van der Waals surface area (Å²) in [5.74, 6) is 1.15. The molecule has 0 fully saturated rings. The lowest BCUT2D eigenvalue weighted by molar-refractivity contribution is 0.761. The van der Waals surface area contributed by atoms with E-state index in [-0.39, 0.29) is 17.4 Å². The van der Waals surface area contributed by atoms with Gasteiger partial charge < -0.3 is 4.98 Å². The van der Waals surface area contributed by atoms with Crippen molar-refractivity contribution >= 4 is 11.6 Å². The highest BCUT2D eigenvalue weighted by molar-refractivity contribution is 6.16. The van der Waals surface area contributed by atoms with Crippen molar-refractivity contribution in [2.45, 2.75) is 25.6 Å². The quantitative estimate of drug-likeness (QED) is 0.714. The summed E-state index contributed by atoms with van der Waals surface area (Å²) in [6.45, 7) is 3.94. The summed E-state index contributed by atoms with van der Waals surface area (Å²) in [7, 11) is 0. The molecule has 0 amide bonds. The van der Waals surface area contributed by atoms with Crippen LogP contribution >= 0.6 is 11.6 Å². The molecule has 0 atom stereocenters. The van der Waals surface area contributed by atoms with Crippen LogP contribution in [0.5, 0.6) is 0 Å². The number of H-pyrrole nitrogens is 1. The van der Waals surface area contributed by atoms with Crippen LogP contribution in [0.25, 0.3) is 0 Å². The Labute approximate surface area is 75.8 Å². The van der Waals surface area contributed by atoms with Crippen molar-refractivity contribution in [3.63, 3.8) is 0 Å². The van der Waals surface area contributed by atoms with Gasteiger partial charge >= 0.3 is 0 Å². The highest BCUT2D eigenvalue weighted by Crippen LogP contribution is 2.05. The van der Waals surface area contributed by atoms with Crippen molar-refractivity contribution in [2.24, 2.45) is 0 Å². The Morgan fingerprint density at radius 1 is 1.67 bits per heavy atom. The zero-order valence-corrected chi connectivity index (χ0v) is 7.85. The molecule has 66 valence electrons. The maximum absolute atomic E-state index is 11.2. The van der Waals surface area contributed by atoms with Crippen molar-refractivity contribution in [3.05, 3.63) is 27.9 Å². The minimum absolute atomic E-state index is 0.135. The largest absolute Gasteiger partial charge is 0.310 e. The number of rotatable bonds is 2. The second-order valence-electron chi connectivity index (χ2n) is 2.91. The van der Waals surface area contributed by atoms with Crippen LogP contribution in [0, 0.1) is 0 Å². The summed E-state index contributed by atoms with van der Waals surface area (Å²) in [5, 5.41) is 0. The topological polar surface area (TPSA) is 45.8 Å². The number of nitrogens with zero attached hydrogens (tertiary/aromatic N) is 1. The van der Waals surface area contributed by atoms with Gasteiger partial charge in [-0.15, -0.1) is 11.6 Å². The zero-order valence-electron chi connectivity index (χ0n) is 7.10. The van der Waals surface area contributed by atoms with Crippen LogP contribution in [-0.4, -0.2) is 9.97 Å². The smallest absolute Gasteiger partial charge is 0.255 e. The van der Waals surface area contributed by atoms with E-state index in [9.17, 15) is 4.79 Å². The molecule has 0 aliphatic rings. The SMILES string of the molecule is CC(C)c1ncc(CCl)c(=O)[nH]1. The average molecular weight is 187 g/mol. The predicted molar refractivity (Wildman–Crippen MR) is 48.5 cm³/mol. The van der Waals surface area contributed by atoms with E-state index < -0.39 is 0 Å². The molecule has 0 aromatic carbocycles.